The van der Waals surface area contributed by atoms with Crippen LogP contribution in [0.4, 0.5) is 0 Å². The van der Waals surface area contributed by atoms with Gasteiger partial charge in [0, 0.05) is 18.0 Å². The summed E-state index contributed by atoms with van der Waals surface area (Å²) < 4.78 is 36.2. The monoisotopic (exact) mass is 441 g/mol. The molecule has 9 heteroatoms. The van der Waals surface area contributed by atoms with E-state index in [4.69, 9.17) is 9.26 Å². The molecule has 1 fully saturated rings. The van der Waals surface area contributed by atoms with Crippen LogP contribution in [0.2, 0.25) is 0 Å². The molecule has 0 bridgehead atoms. The Morgan fingerprint density at radius 1 is 1.19 bits per heavy atom. The molecule has 1 aliphatic carbocycles. The number of rotatable bonds is 6. The summed E-state index contributed by atoms with van der Waals surface area (Å²) in [6.45, 7) is 3.27. The predicted molar refractivity (Wildman–Crippen MR) is 112 cm³/mol. The average Bonchev–Trinajstić information content (AvgIpc) is 3.45. The van der Waals surface area contributed by atoms with Crippen molar-refractivity contribution in [2.45, 2.75) is 55.8 Å². The number of benzene rings is 1. The summed E-state index contributed by atoms with van der Waals surface area (Å²) in [7, 11) is -3.94. The minimum Gasteiger partial charge on any atom is -0.454 e. The molecule has 1 aliphatic rings. The summed E-state index contributed by atoms with van der Waals surface area (Å²) in [6.07, 6.45) is 4.96. The van der Waals surface area contributed by atoms with Crippen molar-refractivity contribution in [2.24, 2.45) is 0 Å². The van der Waals surface area contributed by atoms with Gasteiger partial charge in [-0.15, -0.1) is 0 Å². The Morgan fingerprint density at radius 3 is 2.68 bits per heavy atom. The van der Waals surface area contributed by atoms with Gasteiger partial charge in [0.1, 0.15) is 0 Å². The highest BCUT2D eigenvalue weighted by Gasteiger charge is 2.54. The zero-order valence-electron chi connectivity index (χ0n) is 17.4. The van der Waals surface area contributed by atoms with E-state index in [-0.39, 0.29) is 30.2 Å². The molecule has 2 aromatic heterocycles. The van der Waals surface area contributed by atoms with Crippen molar-refractivity contribution < 1.29 is 22.5 Å². The summed E-state index contributed by atoms with van der Waals surface area (Å²) in [5, 5.41) is 3.86. The maximum atomic E-state index is 13.6. The lowest BCUT2D eigenvalue weighted by molar-refractivity contribution is -0.148. The molecule has 0 aliphatic heterocycles. The van der Waals surface area contributed by atoms with E-state index in [9.17, 15) is 13.2 Å². The minimum atomic E-state index is -3.94. The van der Waals surface area contributed by atoms with Gasteiger partial charge in [-0.05, 0) is 56.0 Å². The highest BCUT2D eigenvalue weighted by Crippen LogP contribution is 2.42. The van der Waals surface area contributed by atoms with Crippen LogP contribution in [0.25, 0.3) is 11.4 Å². The normalized spacial score (nSPS) is 15.7. The molecule has 4 rings (SSSR count). The fourth-order valence-corrected chi connectivity index (χ4v) is 6.28. The summed E-state index contributed by atoms with van der Waals surface area (Å²) in [5.41, 5.74) is 2.09. The number of pyridine rings is 1. The summed E-state index contributed by atoms with van der Waals surface area (Å²) in [5.74, 6) is -0.366. The van der Waals surface area contributed by atoms with Crippen LogP contribution in [0.15, 0.2) is 52.1 Å². The van der Waals surface area contributed by atoms with Gasteiger partial charge in [-0.2, -0.15) is 4.98 Å². The molecule has 31 heavy (non-hydrogen) atoms. The first-order valence-electron chi connectivity index (χ1n) is 10.1. The minimum absolute atomic E-state index is 0.0875. The molecular weight excluding hydrogens is 418 g/mol. The van der Waals surface area contributed by atoms with E-state index >= 15 is 0 Å². The molecule has 3 aromatic rings. The smallest absolute Gasteiger partial charge is 0.328 e. The number of sulfone groups is 1. The Bertz CT molecular complexity index is 1200. The first-order chi connectivity index (χ1) is 14.8. The van der Waals surface area contributed by atoms with Gasteiger partial charge in [-0.25, -0.2) is 8.42 Å². The van der Waals surface area contributed by atoms with Crippen LogP contribution in [0, 0.1) is 13.8 Å². The molecular formula is C22H23N3O5S. The maximum Gasteiger partial charge on any atom is 0.328 e. The van der Waals surface area contributed by atoms with Crippen LogP contribution in [0.5, 0.6) is 0 Å². The molecule has 0 atom stereocenters. The third-order valence-corrected chi connectivity index (χ3v) is 8.27. The lowest BCUT2D eigenvalue weighted by Gasteiger charge is -2.27. The topological polar surface area (TPSA) is 112 Å². The van der Waals surface area contributed by atoms with Gasteiger partial charge in [-0.1, -0.05) is 30.1 Å². The molecule has 0 amide bonds. The molecule has 0 saturated heterocycles. The zero-order chi connectivity index (χ0) is 22.1. The van der Waals surface area contributed by atoms with Crippen molar-refractivity contribution in [1.29, 1.82) is 0 Å². The van der Waals surface area contributed by atoms with E-state index in [0.29, 0.717) is 29.8 Å². The van der Waals surface area contributed by atoms with Crippen LogP contribution in [-0.2, 0) is 26.0 Å². The lowest BCUT2D eigenvalue weighted by atomic mass is 10.1. The first-order valence-corrected chi connectivity index (χ1v) is 11.5. The number of carbonyl (C=O) groups is 1. The van der Waals surface area contributed by atoms with Gasteiger partial charge < -0.3 is 9.26 Å². The summed E-state index contributed by atoms with van der Waals surface area (Å²) >= 11 is 0. The number of hydrogen-bond donors (Lipinski definition) is 0. The highest BCUT2D eigenvalue weighted by molar-refractivity contribution is 7.93. The van der Waals surface area contributed by atoms with E-state index in [1.165, 1.54) is 0 Å². The molecule has 0 radical (unpaired) electrons. The lowest BCUT2D eigenvalue weighted by Crippen LogP contribution is -2.45. The van der Waals surface area contributed by atoms with Gasteiger partial charge in [0.05, 0.1) is 4.90 Å². The average molecular weight is 442 g/mol. The zero-order valence-corrected chi connectivity index (χ0v) is 18.2. The van der Waals surface area contributed by atoms with E-state index in [1.807, 2.05) is 13.0 Å². The van der Waals surface area contributed by atoms with Crippen molar-refractivity contribution in [2.75, 3.05) is 0 Å². The molecule has 0 N–H and O–H groups in total. The summed E-state index contributed by atoms with van der Waals surface area (Å²) in [6, 6.07) is 8.75. The van der Waals surface area contributed by atoms with Crippen LogP contribution >= 0.6 is 0 Å². The van der Waals surface area contributed by atoms with Crippen LogP contribution in [0.3, 0.4) is 0 Å². The molecule has 0 unspecified atom stereocenters. The van der Waals surface area contributed by atoms with E-state index in [1.54, 1.807) is 43.6 Å². The SMILES string of the molecule is Cc1ccc(C)c(S(=O)(=O)C2(C(=O)OCc3nc(-c4cccnc4)no3)CCCC2)c1. The molecule has 0 spiro atoms. The number of nitrogens with zero attached hydrogens (tertiary/aromatic N) is 3. The number of carbonyl (C=O) groups excluding carboxylic acids is 1. The summed E-state index contributed by atoms with van der Waals surface area (Å²) in [4.78, 5) is 21.5. The maximum absolute atomic E-state index is 13.6. The highest BCUT2D eigenvalue weighted by atomic mass is 32.2. The van der Waals surface area contributed by atoms with Gasteiger partial charge in [0.15, 0.2) is 21.2 Å². The van der Waals surface area contributed by atoms with Crippen LogP contribution in [-0.4, -0.2) is 34.3 Å². The molecule has 1 aromatic carbocycles. The van der Waals surface area contributed by atoms with Gasteiger partial charge in [0.25, 0.3) is 5.89 Å². The Hall–Kier alpha value is -3.07. The fraction of sp³-hybridized carbons (Fsp3) is 0.364. The Kier molecular flexibility index (Phi) is 5.62. The molecule has 2 heterocycles. The Balaban J connectivity index is 1.57. The van der Waals surface area contributed by atoms with Crippen molar-refractivity contribution >= 4 is 15.8 Å². The van der Waals surface area contributed by atoms with Crippen LogP contribution in [0.1, 0.15) is 42.7 Å². The third kappa shape index (κ3) is 3.85. The van der Waals surface area contributed by atoms with Gasteiger partial charge in [0.2, 0.25) is 5.82 Å². The first kappa shape index (κ1) is 21.2. The van der Waals surface area contributed by atoms with Crippen molar-refractivity contribution in [1.82, 2.24) is 15.1 Å². The third-order valence-electron chi connectivity index (χ3n) is 5.65. The van der Waals surface area contributed by atoms with Crippen molar-refractivity contribution in [3.8, 4) is 11.4 Å². The predicted octanol–water partition coefficient (Wildman–Crippen LogP) is 3.58. The number of aryl methyl sites for hydroxylation is 2. The van der Waals surface area contributed by atoms with E-state index in [0.717, 1.165) is 5.56 Å². The van der Waals surface area contributed by atoms with E-state index in [2.05, 4.69) is 15.1 Å². The Labute approximate surface area is 180 Å². The van der Waals surface area contributed by atoms with Crippen molar-refractivity contribution in [3.05, 3.63) is 59.7 Å². The number of esters is 1. The fourth-order valence-electron chi connectivity index (χ4n) is 3.92. The van der Waals surface area contributed by atoms with E-state index < -0.39 is 20.6 Å². The number of hydrogen-bond acceptors (Lipinski definition) is 8. The van der Waals surface area contributed by atoms with Gasteiger partial charge >= 0.3 is 5.97 Å². The van der Waals surface area contributed by atoms with Gasteiger partial charge in [-0.3, -0.25) is 9.78 Å². The number of ether oxygens (including phenoxy) is 1. The number of aromatic nitrogens is 3. The Morgan fingerprint density at radius 2 is 1.97 bits per heavy atom. The van der Waals surface area contributed by atoms with Crippen LogP contribution < -0.4 is 0 Å². The second-order valence-corrected chi connectivity index (χ2v) is 10.0. The second kappa shape index (κ2) is 8.22. The second-order valence-electron chi connectivity index (χ2n) is 7.80. The standard InChI is InChI=1S/C22H23N3O5S/c1-15-7-8-16(2)18(12-15)31(27,28)22(9-3-4-10-22)21(26)29-14-19-24-20(25-30-19)17-6-5-11-23-13-17/h5-8,11-13H,3-4,9-10,14H2,1-2H3. The quantitative estimate of drug-likeness (QED) is 0.534. The largest absolute Gasteiger partial charge is 0.454 e. The molecule has 8 nitrogen and oxygen atoms in total. The molecule has 1 saturated carbocycles. The molecule has 162 valence electrons. The van der Waals surface area contributed by atoms with Crippen molar-refractivity contribution in [3.63, 3.8) is 0 Å².